The second-order valence-electron chi connectivity index (χ2n) is 3.31. The minimum Gasteiger partial charge on any atom is -0.390 e. The summed E-state index contributed by atoms with van der Waals surface area (Å²) in [6.45, 7) is 0.0802. The van der Waals surface area contributed by atoms with Crippen LogP contribution in [-0.4, -0.2) is 27.8 Å². The summed E-state index contributed by atoms with van der Waals surface area (Å²) >= 11 is 0. The largest absolute Gasteiger partial charge is 0.390 e. The molecule has 2 atom stereocenters. The predicted molar refractivity (Wildman–Crippen MR) is 58.5 cm³/mol. The van der Waals surface area contributed by atoms with Gasteiger partial charge in [0.25, 0.3) is 0 Å². The Morgan fingerprint density at radius 1 is 1.59 bits per heavy atom. The maximum Gasteiger partial charge on any atom is 0.146 e. The maximum absolute atomic E-state index is 9.82. The molecule has 17 heavy (non-hydrogen) atoms. The van der Waals surface area contributed by atoms with Crippen molar-refractivity contribution in [3.05, 3.63) is 40.0 Å². The van der Waals surface area contributed by atoms with Crippen molar-refractivity contribution in [3.63, 3.8) is 0 Å². The summed E-state index contributed by atoms with van der Waals surface area (Å²) in [7, 11) is 0. The number of azide groups is 1. The van der Waals surface area contributed by atoms with E-state index in [-0.39, 0.29) is 24.2 Å². The number of pyridine rings is 1. The molecule has 0 amide bonds. The van der Waals surface area contributed by atoms with Crippen LogP contribution in [0.25, 0.3) is 10.4 Å². The Morgan fingerprint density at radius 3 is 3.00 bits per heavy atom. The van der Waals surface area contributed by atoms with Crippen molar-refractivity contribution in [1.82, 2.24) is 4.98 Å². The molecular weight excluding hydrogens is 222 g/mol. The molecule has 88 valence electrons. The molecule has 7 nitrogen and oxygen atoms in total. The van der Waals surface area contributed by atoms with Crippen LogP contribution in [0.5, 0.6) is 0 Å². The molecule has 1 rings (SSSR count). The minimum absolute atomic E-state index is 0.0721. The summed E-state index contributed by atoms with van der Waals surface area (Å²) in [5.74, 6) is 0. The van der Waals surface area contributed by atoms with Crippen molar-refractivity contribution in [2.75, 3.05) is 6.54 Å². The van der Waals surface area contributed by atoms with Crippen LogP contribution in [0, 0.1) is 11.3 Å². The van der Waals surface area contributed by atoms with Gasteiger partial charge in [0, 0.05) is 23.2 Å². The van der Waals surface area contributed by atoms with Crippen molar-refractivity contribution in [2.24, 2.45) is 5.11 Å². The Labute approximate surface area is 97.6 Å². The molecule has 0 saturated carbocycles. The molecule has 0 aromatic carbocycles. The lowest BCUT2D eigenvalue weighted by molar-refractivity contribution is 0.0147. The summed E-state index contributed by atoms with van der Waals surface area (Å²) in [4.78, 5) is 6.32. The molecule has 1 aromatic heterocycles. The first kappa shape index (κ1) is 12.9. The fourth-order valence-corrected chi connectivity index (χ4v) is 1.35. The number of hydrogen-bond donors (Lipinski definition) is 2. The van der Waals surface area contributed by atoms with Crippen LogP contribution in [0.15, 0.2) is 23.4 Å². The van der Waals surface area contributed by atoms with Crippen LogP contribution in [0.4, 0.5) is 0 Å². The van der Waals surface area contributed by atoms with Crippen molar-refractivity contribution in [3.8, 4) is 6.07 Å². The van der Waals surface area contributed by atoms with Gasteiger partial charge in [-0.2, -0.15) is 5.26 Å². The summed E-state index contributed by atoms with van der Waals surface area (Å²) in [5, 5.41) is 31.5. The highest BCUT2D eigenvalue weighted by Gasteiger charge is 2.21. The van der Waals surface area contributed by atoms with Gasteiger partial charge < -0.3 is 10.2 Å². The van der Waals surface area contributed by atoms with E-state index in [1.165, 1.54) is 12.3 Å². The Morgan fingerprint density at radius 2 is 2.35 bits per heavy atom. The van der Waals surface area contributed by atoms with Gasteiger partial charge in [-0.25, -0.2) is 4.98 Å². The molecule has 1 aromatic rings. The second-order valence-corrected chi connectivity index (χ2v) is 3.31. The first-order valence-electron chi connectivity index (χ1n) is 4.92. The van der Waals surface area contributed by atoms with E-state index in [2.05, 4.69) is 15.0 Å². The lowest BCUT2D eigenvalue weighted by atomic mass is 10.0. The summed E-state index contributed by atoms with van der Waals surface area (Å²) in [6.07, 6.45) is -0.768. The van der Waals surface area contributed by atoms with Gasteiger partial charge in [0.15, 0.2) is 0 Å². The third-order valence-corrected chi connectivity index (χ3v) is 2.22. The van der Waals surface area contributed by atoms with Crippen molar-refractivity contribution in [1.29, 1.82) is 5.26 Å². The second kappa shape index (κ2) is 6.45. The van der Waals surface area contributed by atoms with Gasteiger partial charge >= 0.3 is 0 Å². The van der Waals surface area contributed by atoms with E-state index in [9.17, 15) is 10.2 Å². The van der Waals surface area contributed by atoms with Crippen LogP contribution in [0.3, 0.4) is 0 Å². The number of aliphatic hydroxyl groups is 2. The fraction of sp³-hybridized carbons (Fsp3) is 0.400. The number of rotatable bonds is 5. The summed E-state index contributed by atoms with van der Waals surface area (Å²) in [6, 6.07) is 4.92. The SMILES string of the molecule is N#Cc1ncccc1C(O)C(O)CCN=[N+]=[N-]. The molecule has 0 aliphatic rings. The topological polar surface area (TPSA) is 126 Å². The van der Waals surface area contributed by atoms with Gasteiger partial charge in [0.2, 0.25) is 0 Å². The van der Waals surface area contributed by atoms with Crippen LogP contribution in [-0.2, 0) is 0 Å². The summed E-state index contributed by atoms with van der Waals surface area (Å²) < 4.78 is 0. The van der Waals surface area contributed by atoms with E-state index in [0.717, 1.165) is 0 Å². The van der Waals surface area contributed by atoms with Crippen molar-refractivity contribution in [2.45, 2.75) is 18.6 Å². The maximum atomic E-state index is 9.82. The molecule has 0 aliphatic heterocycles. The van der Waals surface area contributed by atoms with Gasteiger partial charge in [-0.05, 0) is 18.0 Å². The zero-order chi connectivity index (χ0) is 12.7. The molecule has 7 heteroatoms. The molecule has 1 heterocycles. The average molecular weight is 233 g/mol. The third-order valence-electron chi connectivity index (χ3n) is 2.22. The Kier molecular flexibility index (Phi) is 4.91. The average Bonchev–Trinajstić information content (AvgIpc) is 2.38. The monoisotopic (exact) mass is 233 g/mol. The number of nitrogens with zero attached hydrogens (tertiary/aromatic N) is 5. The van der Waals surface area contributed by atoms with Crippen LogP contribution in [0.1, 0.15) is 23.8 Å². The van der Waals surface area contributed by atoms with Crippen LogP contribution >= 0.6 is 0 Å². The lowest BCUT2D eigenvalue weighted by Gasteiger charge is -2.17. The molecule has 0 aliphatic carbocycles. The van der Waals surface area contributed by atoms with Gasteiger partial charge in [0.1, 0.15) is 17.9 Å². The normalized spacial score (nSPS) is 13.2. The quantitative estimate of drug-likeness (QED) is 0.447. The van der Waals surface area contributed by atoms with E-state index in [4.69, 9.17) is 10.8 Å². The van der Waals surface area contributed by atoms with Crippen molar-refractivity contribution < 1.29 is 10.2 Å². The molecule has 2 N–H and O–H groups in total. The first-order chi connectivity index (χ1) is 8.20. The van der Waals surface area contributed by atoms with E-state index < -0.39 is 12.2 Å². The highest BCUT2D eigenvalue weighted by molar-refractivity contribution is 5.32. The zero-order valence-corrected chi connectivity index (χ0v) is 8.93. The highest BCUT2D eigenvalue weighted by Crippen LogP contribution is 2.20. The van der Waals surface area contributed by atoms with Gasteiger partial charge in [0.05, 0.1) is 6.10 Å². The Bertz CT molecular complexity index is 464. The smallest absolute Gasteiger partial charge is 0.146 e. The molecule has 0 bridgehead atoms. The number of nitriles is 1. The summed E-state index contributed by atoms with van der Waals surface area (Å²) in [5.41, 5.74) is 8.42. The number of aromatic nitrogens is 1. The Hall–Kier alpha value is -2.13. The van der Waals surface area contributed by atoms with Gasteiger partial charge in [-0.15, -0.1) is 0 Å². The molecule has 0 fully saturated rings. The molecule has 2 unspecified atom stereocenters. The number of hydrogen-bond acceptors (Lipinski definition) is 5. The van der Waals surface area contributed by atoms with E-state index in [1.54, 1.807) is 6.07 Å². The molecule has 0 radical (unpaired) electrons. The van der Waals surface area contributed by atoms with E-state index in [0.29, 0.717) is 0 Å². The third kappa shape index (κ3) is 3.43. The first-order valence-corrected chi connectivity index (χ1v) is 4.92. The standard InChI is InChI=1S/C10H11N5O2/c11-6-8-7(2-1-4-13-8)10(17)9(16)3-5-14-15-12/h1-2,4,9-10,16-17H,3,5H2. The minimum atomic E-state index is -1.22. The highest BCUT2D eigenvalue weighted by atomic mass is 16.3. The zero-order valence-electron chi connectivity index (χ0n) is 8.93. The van der Waals surface area contributed by atoms with Crippen LogP contribution in [0.2, 0.25) is 0 Å². The van der Waals surface area contributed by atoms with Gasteiger partial charge in [-0.3, -0.25) is 0 Å². The fourth-order valence-electron chi connectivity index (χ4n) is 1.35. The molecule has 0 saturated heterocycles. The van der Waals surface area contributed by atoms with Crippen molar-refractivity contribution >= 4 is 0 Å². The van der Waals surface area contributed by atoms with E-state index >= 15 is 0 Å². The predicted octanol–water partition coefficient (Wildman–Crippen LogP) is 1.05. The number of aliphatic hydroxyl groups excluding tert-OH is 2. The van der Waals surface area contributed by atoms with E-state index in [1.807, 2.05) is 6.07 Å². The van der Waals surface area contributed by atoms with Gasteiger partial charge in [-0.1, -0.05) is 11.2 Å². The molecule has 0 spiro atoms. The lowest BCUT2D eigenvalue weighted by Crippen LogP contribution is -2.20. The van der Waals surface area contributed by atoms with Crippen LogP contribution < -0.4 is 0 Å². The Balaban J connectivity index is 2.78. The molecular formula is C10H11N5O2.